The molecule has 0 N–H and O–H groups in total. The van der Waals surface area contributed by atoms with E-state index in [1.807, 2.05) is 20.8 Å². The molecular weight excluding hydrogens is 247 g/mol. The van der Waals surface area contributed by atoms with Gasteiger partial charge in [-0.2, -0.15) is 0 Å². The highest BCUT2D eigenvalue weighted by molar-refractivity contribution is 5.86. The van der Waals surface area contributed by atoms with Crippen molar-refractivity contribution in [2.24, 2.45) is 5.41 Å². The molecule has 0 aromatic heterocycles. The molecule has 0 aliphatic heterocycles. The number of ketones is 1. The first-order valence-electron chi connectivity index (χ1n) is 6.18. The third-order valence-electron chi connectivity index (χ3n) is 2.94. The van der Waals surface area contributed by atoms with Crippen LogP contribution in [0.3, 0.4) is 0 Å². The van der Waals surface area contributed by atoms with Crippen molar-refractivity contribution < 1.29 is 18.7 Å². The summed E-state index contributed by atoms with van der Waals surface area (Å²) in [4.78, 5) is 12.2. The molecule has 0 aliphatic carbocycles. The molecule has 0 bridgehead atoms. The Morgan fingerprint density at radius 2 is 1.95 bits per heavy atom. The molecule has 0 amide bonds. The highest BCUT2D eigenvalue weighted by atomic mass is 19.1. The number of hydrogen-bond acceptors (Lipinski definition) is 3. The van der Waals surface area contributed by atoms with Gasteiger partial charge in [-0.1, -0.05) is 32.9 Å². The number of ether oxygens (including phenoxy) is 2. The van der Waals surface area contributed by atoms with Gasteiger partial charge >= 0.3 is 0 Å². The number of hydrogen-bond donors (Lipinski definition) is 0. The minimum absolute atomic E-state index is 0.00118. The van der Waals surface area contributed by atoms with Gasteiger partial charge in [0, 0.05) is 13.5 Å². The summed E-state index contributed by atoms with van der Waals surface area (Å²) >= 11 is 0. The van der Waals surface area contributed by atoms with Crippen molar-refractivity contribution in [1.29, 1.82) is 0 Å². The second kappa shape index (κ2) is 6.15. The second-order valence-electron chi connectivity index (χ2n) is 5.56. The maximum Gasteiger partial charge on any atom is 0.168 e. The van der Waals surface area contributed by atoms with Gasteiger partial charge in [-0.25, -0.2) is 4.39 Å². The van der Waals surface area contributed by atoms with E-state index in [1.165, 1.54) is 20.3 Å². The van der Waals surface area contributed by atoms with Crippen LogP contribution in [0.15, 0.2) is 18.2 Å². The van der Waals surface area contributed by atoms with Gasteiger partial charge in [0.2, 0.25) is 0 Å². The number of benzene rings is 1. The van der Waals surface area contributed by atoms with Crippen molar-refractivity contribution in [3.05, 3.63) is 29.6 Å². The monoisotopic (exact) mass is 268 g/mol. The van der Waals surface area contributed by atoms with Gasteiger partial charge in [-0.15, -0.1) is 0 Å². The lowest BCUT2D eigenvalue weighted by atomic mass is 9.84. The lowest BCUT2D eigenvalue weighted by molar-refractivity contribution is -0.134. The molecule has 1 rings (SSSR count). The molecule has 1 aromatic rings. The van der Waals surface area contributed by atoms with Crippen LogP contribution in [0, 0.1) is 11.2 Å². The first-order chi connectivity index (χ1) is 8.81. The predicted octanol–water partition coefficient (Wildman–Crippen LogP) is 3.01. The molecule has 0 spiro atoms. The van der Waals surface area contributed by atoms with E-state index in [9.17, 15) is 9.18 Å². The van der Waals surface area contributed by atoms with Gasteiger partial charge in [-0.3, -0.25) is 4.79 Å². The van der Waals surface area contributed by atoms with Crippen molar-refractivity contribution in [3.8, 4) is 5.75 Å². The Morgan fingerprint density at radius 1 is 1.32 bits per heavy atom. The summed E-state index contributed by atoms with van der Waals surface area (Å²) < 4.78 is 24.1. The maximum absolute atomic E-state index is 14.0. The summed E-state index contributed by atoms with van der Waals surface area (Å²) in [5, 5.41) is 0. The Labute approximate surface area is 113 Å². The number of rotatable bonds is 5. The minimum atomic E-state index is -0.557. The second-order valence-corrected chi connectivity index (χ2v) is 5.56. The van der Waals surface area contributed by atoms with Crippen LogP contribution in [0.1, 0.15) is 26.3 Å². The fourth-order valence-corrected chi connectivity index (χ4v) is 2.10. The summed E-state index contributed by atoms with van der Waals surface area (Å²) in [6, 6.07) is 4.79. The van der Waals surface area contributed by atoms with Crippen LogP contribution in [0.5, 0.6) is 5.75 Å². The van der Waals surface area contributed by atoms with E-state index < -0.39 is 11.9 Å². The molecule has 0 saturated carbocycles. The van der Waals surface area contributed by atoms with Gasteiger partial charge in [0.1, 0.15) is 6.10 Å². The molecule has 0 radical (unpaired) electrons. The zero-order chi connectivity index (χ0) is 14.6. The molecule has 3 nitrogen and oxygen atoms in total. The summed E-state index contributed by atoms with van der Waals surface area (Å²) in [6.45, 7) is 5.75. The molecule has 1 aromatic carbocycles. The Hall–Kier alpha value is -1.42. The molecule has 0 fully saturated rings. The van der Waals surface area contributed by atoms with Crippen LogP contribution in [0.2, 0.25) is 0 Å². The number of methoxy groups -OCH3 is 2. The van der Waals surface area contributed by atoms with Crippen LogP contribution in [0.4, 0.5) is 4.39 Å². The van der Waals surface area contributed by atoms with Crippen molar-refractivity contribution >= 4 is 5.78 Å². The normalized spacial score (nSPS) is 13.2. The van der Waals surface area contributed by atoms with Crippen LogP contribution < -0.4 is 4.74 Å². The van der Waals surface area contributed by atoms with Gasteiger partial charge in [0.25, 0.3) is 0 Å². The van der Waals surface area contributed by atoms with E-state index in [0.29, 0.717) is 5.56 Å². The van der Waals surface area contributed by atoms with E-state index >= 15 is 0 Å². The van der Waals surface area contributed by atoms with Crippen LogP contribution in [-0.2, 0) is 16.0 Å². The highest BCUT2D eigenvalue weighted by Crippen LogP contribution is 2.26. The molecule has 1 unspecified atom stereocenters. The maximum atomic E-state index is 14.0. The minimum Gasteiger partial charge on any atom is -0.494 e. The van der Waals surface area contributed by atoms with Crippen molar-refractivity contribution in [2.75, 3.05) is 14.2 Å². The third kappa shape index (κ3) is 3.77. The van der Waals surface area contributed by atoms with Gasteiger partial charge < -0.3 is 9.47 Å². The average molecular weight is 268 g/mol. The molecule has 19 heavy (non-hydrogen) atoms. The molecule has 1 atom stereocenters. The standard InChI is InChI=1S/C15H21FO3/c1-15(2,3)14(19-5)11(17)9-10-7-6-8-12(18-4)13(10)16/h6-8,14H,9H2,1-5H3. The number of carbonyl (C=O) groups is 1. The summed E-state index contributed by atoms with van der Waals surface area (Å²) in [7, 11) is 2.90. The summed E-state index contributed by atoms with van der Waals surface area (Å²) in [6.07, 6.45) is -0.558. The fraction of sp³-hybridized carbons (Fsp3) is 0.533. The lowest BCUT2D eigenvalue weighted by Gasteiger charge is -2.28. The van der Waals surface area contributed by atoms with Crippen LogP contribution in [0.25, 0.3) is 0 Å². The van der Waals surface area contributed by atoms with Crippen molar-refractivity contribution in [3.63, 3.8) is 0 Å². The molecular formula is C15H21FO3. The molecule has 0 heterocycles. The van der Waals surface area contributed by atoms with E-state index in [1.54, 1.807) is 12.1 Å². The number of halogens is 1. The Morgan fingerprint density at radius 3 is 2.42 bits per heavy atom. The topological polar surface area (TPSA) is 35.5 Å². The Bertz CT molecular complexity index is 449. The fourth-order valence-electron chi connectivity index (χ4n) is 2.10. The quantitative estimate of drug-likeness (QED) is 0.823. The number of Topliss-reactive ketones (excluding diaryl/α,β-unsaturated/α-hetero) is 1. The van der Waals surface area contributed by atoms with Crippen molar-refractivity contribution in [1.82, 2.24) is 0 Å². The van der Waals surface area contributed by atoms with Gasteiger partial charge in [0.15, 0.2) is 17.3 Å². The first kappa shape index (κ1) is 15.6. The third-order valence-corrected chi connectivity index (χ3v) is 2.94. The first-order valence-corrected chi connectivity index (χ1v) is 6.18. The molecule has 0 aliphatic rings. The zero-order valence-electron chi connectivity index (χ0n) is 12.1. The molecule has 0 saturated heterocycles. The SMILES string of the molecule is COc1cccc(CC(=O)C(OC)C(C)(C)C)c1F. The summed E-state index contributed by atoms with van der Waals surface area (Å²) in [5.74, 6) is -0.473. The smallest absolute Gasteiger partial charge is 0.168 e. The number of carbonyl (C=O) groups excluding carboxylic acids is 1. The van der Waals surface area contributed by atoms with Gasteiger partial charge in [0.05, 0.1) is 7.11 Å². The van der Waals surface area contributed by atoms with Crippen LogP contribution >= 0.6 is 0 Å². The molecule has 106 valence electrons. The Kier molecular flexibility index (Phi) is 5.06. The van der Waals surface area contributed by atoms with E-state index in [4.69, 9.17) is 9.47 Å². The van der Waals surface area contributed by atoms with E-state index in [-0.39, 0.29) is 23.4 Å². The largest absolute Gasteiger partial charge is 0.494 e. The summed E-state index contributed by atoms with van der Waals surface area (Å²) in [5.41, 5.74) is 0.0110. The average Bonchev–Trinajstić information content (AvgIpc) is 2.31. The van der Waals surface area contributed by atoms with Crippen molar-refractivity contribution in [2.45, 2.75) is 33.3 Å². The van der Waals surface area contributed by atoms with E-state index in [0.717, 1.165) is 0 Å². The zero-order valence-corrected chi connectivity index (χ0v) is 12.1. The Balaban J connectivity index is 2.94. The highest BCUT2D eigenvalue weighted by Gasteiger charge is 2.31. The lowest BCUT2D eigenvalue weighted by Crippen LogP contribution is -2.37. The van der Waals surface area contributed by atoms with E-state index in [2.05, 4.69) is 0 Å². The van der Waals surface area contributed by atoms with Gasteiger partial charge in [-0.05, 0) is 17.0 Å². The van der Waals surface area contributed by atoms with Crippen LogP contribution in [-0.4, -0.2) is 26.1 Å². The predicted molar refractivity (Wildman–Crippen MR) is 71.9 cm³/mol. The molecule has 4 heteroatoms.